The van der Waals surface area contributed by atoms with Gasteiger partial charge in [-0.25, -0.2) is 0 Å². The molecule has 6 N–H and O–H groups in total. The number of carbonyl (C=O) groups excluding carboxylic acids is 2. The summed E-state index contributed by atoms with van der Waals surface area (Å²) in [6, 6.07) is 6.30. The first-order valence-electron chi connectivity index (χ1n) is 12.2. The first kappa shape index (κ1) is 25.0. The van der Waals surface area contributed by atoms with Crippen LogP contribution in [0.1, 0.15) is 41.5 Å². The van der Waals surface area contributed by atoms with Crippen molar-refractivity contribution in [2.24, 2.45) is 23.3 Å². The number of esters is 1. The first-order chi connectivity index (χ1) is 17.9. The molecule has 198 valence electrons. The molecule has 1 amide bonds. The van der Waals surface area contributed by atoms with E-state index in [-0.39, 0.29) is 67.5 Å². The average molecular weight is 514 g/mol. The van der Waals surface area contributed by atoms with Crippen molar-refractivity contribution >= 4 is 11.9 Å². The predicted octanol–water partition coefficient (Wildman–Crippen LogP) is 1.30. The zero-order chi connectivity index (χ0) is 26.3. The highest BCUT2D eigenvalue weighted by Crippen LogP contribution is 2.55. The molecule has 0 aromatic heterocycles. The van der Waals surface area contributed by atoms with Gasteiger partial charge >= 0.3 is 5.97 Å². The van der Waals surface area contributed by atoms with Crippen molar-refractivity contribution < 1.29 is 38.4 Å². The number of rotatable bonds is 8. The van der Waals surface area contributed by atoms with E-state index in [0.717, 1.165) is 11.1 Å². The average Bonchev–Trinajstić information content (AvgIpc) is 3.52. The molecular formula is C26H31N3O8. The highest BCUT2D eigenvalue weighted by Gasteiger charge is 2.53. The maximum atomic E-state index is 13.2. The summed E-state index contributed by atoms with van der Waals surface area (Å²) in [6.07, 6.45) is 0.652. The predicted molar refractivity (Wildman–Crippen MR) is 131 cm³/mol. The monoisotopic (exact) mass is 513 g/mol. The smallest absolute Gasteiger partial charge is 0.310 e. The molecular weight excluding hydrogens is 482 g/mol. The lowest BCUT2D eigenvalue weighted by molar-refractivity contribution is -0.141. The second-order valence-corrected chi connectivity index (χ2v) is 9.49. The van der Waals surface area contributed by atoms with Crippen LogP contribution in [0.15, 0.2) is 24.3 Å². The first-order valence-corrected chi connectivity index (χ1v) is 12.2. The second kappa shape index (κ2) is 9.98. The van der Waals surface area contributed by atoms with Gasteiger partial charge in [0.2, 0.25) is 18.4 Å². The molecule has 0 radical (unpaired) electrons. The van der Waals surface area contributed by atoms with Gasteiger partial charge in [0.25, 0.3) is 0 Å². The third-order valence-corrected chi connectivity index (χ3v) is 7.41. The van der Waals surface area contributed by atoms with E-state index in [4.69, 9.17) is 35.2 Å². The van der Waals surface area contributed by atoms with Crippen molar-refractivity contribution in [1.82, 2.24) is 5.32 Å². The Hall–Kier alpha value is -3.70. The van der Waals surface area contributed by atoms with Crippen LogP contribution in [-0.2, 0) is 14.3 Å². The number of phenolic OH excluding ortho intramolecular Hbond substituents is 1. The van der Waals surface area contributed by atoms with Crippen molar-refractivity contribution in [1.29, 1.82) is 0 Å². The summed E-state index contributed by atoms with van der Waals surface area (Å²) < 4.78 is 27.6. The summed E-state index contributed by atoms with van der Waals surface area (Å²) in [5.74, 6) is -0.592. The molecule has 0 bridgehead atoms. The van der Waals surface area contributed by atoms with Crippen LogP contribution < -0.4 is 35.7 Å². The summed E-state index contributed by atoms with van der Waals surface area (Å²) in [6.45, 7) is 0.511. The number of nitrogens with one attached hydrogen (secondary N) is 1. The number of ether oxygens (including phenoxy) is 5. The summed E-state index contributed by atoms with van der Waals surface area (Å²) in [7, 11) is 2.89. The van der Waals surface area contributed by atoms with E-state index in [2.05, 4.69) is 5.32 Å². The molecule has 2 aromatic carbocycles. The summed E-state index contributed by atoms with van der Waals surface area (Å²) in [5.41, 5.74) is 13.8. The Kier molecular flexibility index (Phi) is 6.74. The summed E-state index contributed by atoms with van der Waals surface area (Å²) in [4.78, 5) is 26.1. The lowest BCUT2D eigenvalue weighted by Crippen LogP contribution is -2.43. The molecule has 37 heavy (non-hydrogen) atoms. The Balaban J connectivity index is 1.62. The normalized spacial score (nSPS) is 24.1. The maximum Gasteiger partial charge on any atom is 0.310 e. The fraction of sp³-hybridized carbons (Fsp3) is 0.462. The minimum absolute atomic E-state index is 0.0760. The van der Waals surface area contributed by atoms with Gasteiger partial charge in [-0.05, 0) is 47.4 Å². The van der Waals surface area contributed by atoms with E-state index < -0.39 is 17.9 Å². The number of amides is 1. The standard InChI is InChI=1S/C26H31N3O8/c1-33-19-5-12(6-20(34-2)25(19)31)22-14-7-17-18(37-11-36-17)8-15(14)24(16-10-35-26(32)23(16)22)29-21(30)4-3-13(28)9-27/h5-8,13,16,22-24,31H,3-4,9-11,27-28H2,1-2H3,(H,29,30)/t13-,16+,22-,23+,24+/m1/s1. The number of hydrogen-bond acceptors (Lipinski definition) is 10. The van der Waals surface area contributed by atoms with Crippen LogP contribution in [0.2, 0.25) is 0 Å². The van der Waals surface area contributed by atoms with Gasteiger partial charge in [-0.15, -0.1) is 0 Å². The van der Waals surface area contributed by atoms with Gasteiger partial charge in [-0.3, -0.25) is 9.59 Å². The van der Waals surface area contributed by atoms with E-state index in [1.165, 1.54) is 14.2 Å². The lowest BCUT2D eigenvalue weighted by atomic mass is 9.65. The van der Waals surface area contributed by atoms with Gasteiger partial charge in [0.1, 0.15) is 0 Å². The Labute approximate surface area is 213 Å². The molecule has 1 fully saturated rings. The Morgan fingerprint density at radius 2 is 1.76 bits per heavy atom. The number of nitrogens with two attached hydrogens (primary N) is 2. The van der Waals surface area contributed by atoms with Gasteiger partial charge in [0.05, 0.1) is 32.8 Å². The number of cyclic esters (lactones) is 1. The number of hydrogen-bond donors (Lipinski definition) is 4. The van der Waals surface area contributed by atoms with Crippen LogP contribution in [0, 0.1) is 11.8 Å². The Bertz CT molecular complexity index is 1190. The molecule has 5 atom stereocenters. The van der Waals surface area contributed by atoms with E-state index in [9.17, 15) is 14.7 Å². The molecule has 0 saturated carbocycles. The van der Waals surface area contributed by atoms with Crippen LogP contribution in [-0.4, -0.2) is 57.2 Å². The van der Waals surface area contributed by atoms with Gasteiger partial charge in [0.15, 0.2) is 23.0 Å². The van der Waals surface area contributed by atoms with E-state index in [1.54, 1.807) is 12.1 Å². The number of methoxy groups -OCH3 is 2. The number of fused-ring (bicyclic) bond motifs is 3. The van der Waals surface area contributed by atoms with E-state index in [1.807, 2.05) is 12.1 Å². The number of phenols is 1. The molecule has 1 saturated heterocycles. The minimum Gasteiger partial charge on any atom is -0.502 e. The fourth-order valence-electron chi connectivity index (χ4n) is 5.52. The molecule has 2 heterocycles. The Morgan fingerprint density at radius 3 is 2.38 bits per heavy atom. The Morgan fingerprint density at radius 1 is 1.11 bits per heavy atom. The maximum absolute atomic E-state index is 13.2. The zero-order valence-electron chi connectivity index (χ0n) is 20.7. The topological polar surface area (TPSA) is 165 Å². The number of benzene rings is 2. The zero-order valence-corrected chi connectivity index (χ0v) is 20.7. The lowest BCUT2D eigenvalue weighted by Gasteiger charge is -2.39. The third kappa shape index (κ3) is 4.38. The largest absolute Gasteiger partial charge is 0.502 e. The van der Waals surface area contributed by atoms with Gasteiger partial charge in [0, 0.05) is 30.8 Å². The molecule has 5 rings (SSSR count). The highest BCUT2D eigenvalue weighted by molar-refractivity contribution is 5.81. The van der Waals surface area contributed by atoms with Gasteiger partial charge in [-0.1, -0.05) is 0 Å². The van der Waals surface area contributed by atoms with Crippen molar-refractivity contribution in [3.05, 3.63) is 41.0 Å². The molecule has 11 heteroatoms. The van der Waals surface area contributed by atoms with Crippen LogP contribution in [0.25, 0.3) is 0 Å². The molecule has 3 aliphatic rings. The van der Waals surface area contributed by atoms with Crippen molar-refractivity contribution in [3.63, 3.8) is 0 Å². The molecule has 0 spiro atoms. The minimum atomic E-state index is -0.608. The SMILES string of the molecule is COc1cc([C@@H]2c3cc4c(cc3[C@H](NC(=O)CC[C@@H](N)CN)[C@H]3COC(=O)[C@H]23)OCO4)cc(OC)c1O. The summed E-state index contributed by atoms with van der Waals surface area (Å²) >= 11 is 0. The fourth-order valence-corrected chi connectivity index (χ4v) is 5.52. The van der Waals surface area contributed by atoms with Crippen molar-refractivity contribution in [2.45, 2.75) is 30.8 Å². The van der Waals surface area contributed by atoms with Gasteiger partial charge < -0.3 is 45.6 Å². The molecule has 2 aromatic rings. The van der Waals surface area contributed by atoms with Crippen LogP contribution >= 0.6 is 0 Å². The molecule has 2 aliphatic heterocycles. The van der Waals surface area contributed by atoms with Crippen LogP contribution in [0.3, 0.4) is 0 Å². The third-order valence-electron chi connectivity index (χ3n) is 7.41. The van der Waals surface area contributed by atoms with Crippen LogP contribution in [0.4, 0.5) is 0 Å². The van der Waals surface area contributed by atoms with Gasteiger partial charge in [-0.2, -0.15) is 0 Å². The number of carbonyl (C=O) groups is 2. The van der Waals surface area contributed by atoms with E-state index in [0.29, 0.717) is 23.5 Å². The quantitative estimate of drug-likeness (QED) is 0.378. The summed E-state index contributed by atoms with van der Waals surface area (Å²) in [5, 5.41) is 13.6. The second-order valence-electron chi connectivity index (χ2n) is 9.49. The molecule has 1 aliphatic carbocycles. The highest BCUT2D eigenvalue weighted by atomic mass is 16.7. The molecule has 11 nitrogen and oxygen atoms in total. The van der Waals surface area contributed by atoms with Crippen LogP contribution in [0.5, 0.6) is 28.7 Å². The van der Waals surface area contributed by atoms with Crippen molar-refractivity contribution in [3.8, 4) is 28.7 Å². The number of aromatic hydroxyl groups is 1. The van der Waals surface area contributed by atoms with Crippen molar-refractivity contribution in [2.75, 3.05) is 34.2 Å². The molecule has 0 unspecified atom stereocenters. The van der Waals surface area contributed by atoms with E-state index >= 15 is 0 Å².